The predicted octanol–water partition coefficient (Wildman–Crippen LogP) is 1.53. The summed E-state index contributed by atoms with van der Waals surface area (Å²) in [6.07, 6.45) is 2.48. The number of nitrogens with zero attached hydrogens (tertiary/aromatic N) is 5. The summed E-state index contributed by atoms with van der Waals surface area (Å²) in [7, 11) is 1.83. The Balaban J connectivity index is 1.47. The Kier molecular flexibility index (Phi) is 4.42. The number of morpholine rings is 1. The fraction of sp³-hybridized carbons (Fsp3) is 0.444. The van der Waals surface area contributed by atoms with Gasteiger partial charge in [-0.25, -0.2) is 9.97 Å². The fourth-order valence-corrected chi connectivity index (χ4v) is 3.44. The number of carbonyl (C=O) groups is 1. The Labute approximate surface area is 151 Å². The van der Waals surface area contributed by atoms with Gasteiger partial charge in [0.25, 0.3) is 0 Å². The zero-order valence-electron chi connectivity index (χ0n) is 15.0. The first-order valence-electron chi connectivity index (χ1n) is 8.79. The summed E-state index contributed by atoms with van der Waals surface area (Å²) in [5, 5.41) is 4.11. The minimum absolute atomic E-state index is 0.0819. The van der Waals surface area contributed by atoms with Crippen LogP contribution in [0.5, 0.6) is 0 Å². The minimum Gasteiger partial charge on any atom is -0.377 e. The highest BCUT2D eigenvalue weighted by Crippen LogP contribution is 2.23. The molecule has 1 aliphatic heterocycles. The highest BCUT2D eigenvalue weighted by Gasteiger charge is 2.31. The van der Waals surface area contributed by atoms with E-state index in [-0.39, 0.29) is 11.9 Å². The van der Waals surface area contributed by atoms with E-state index in [1.165, 1.54) is 6.33 Å². The maximum absolute atomic E-state index is 12.8. The van der Waals surface area contributed by atoms with E-state index >= 15 is 0 Å². The van der Waals surface area contributed by atoms with Crippen molar-refractivity contribution in [2.75, 3.05) is 19.8 Å². The van der Waals surface area contributed by atoms with Gasteiger partial charge in [0.2, 0.25) is 5.91 Å². The second kappa shape index (κ2) is 6.87. The van der Waals surface area contributed by atoms with Crippen LogP contribution in [0.15, 0.2) is 24.5 Å². The first-order chi connectivity index (χ1) is 12.6. The van der Waals surface area contributed by atoms with Crippen molar-refractivity contribution in [3.8, 4) is 0 Å². The average molecular weight is 354 g/mol. The molecule has 1 fully saturated rings. The first-order valence-corrected chi connectivity index (χ1v) is 8.79. The molecule has 8 heteroatoms. The van der Waals surface area contributed by atoms with Crippen LogP contribution >= 0.6 is 0 Å². The van der Waals surface area contributed by atoms with Crippen LogP contribution in [0.25, 0.3) is 11.0 Å². The third-order valence-corrected chi connectivity index (χ3v) is 4.83. The molecular weight excluding hydrogens is 332 g/mol. The molecule has 26 heavy (non-hydrogen) atoms. The molecule has 3 aromatic rings. The van der Waals surface area contributed by atoms with Gasteiger partial charge in [0.15, 0.2) is 5.82 Å². The van der Waals surface area contributed by atoms with Gasteiger partial charge in [0.05, 0.1) is 24.2 Å². The summed E-state index contributed by atoms with van der Waals surface area (Å²) >= 11 is 0. The lowest BCUT2D eigenvalue weighted by atomic mass is 10.1. The number of aromatic amines is 1. The Morgan fingerprint density at radius 1 is 1.42 bits per heavy atom. The Hall–Kier alpha value is -2.74. The van der Waals surface area contributed by atoms with Gasteiger partial charge in [-0.3, -0.25) is 9.48 Å². The number of hydrogen-bond donors (Lipinski definition) is 1. The average Bonchev–Trinajstić information content (AvgIpc) is 3.26. The van der Waals surface area contributed by atoms with E-state index in [1.54, 1.807) is 4.68 Å². The number of H-pyrrole nitrogens is 1. The molecule has 3 heterocycles. The molecule has 1 N–H and O–H groups in total. The molecular formula is C18H22N6O2. The Morgan fingerprint density at radius 3 is 3.08 bits per heavy atom. The highest BCUT2D eigenvalue weighted by molar-refractivity contribution is 5.79. The molecule has 1 aromatic carbocycles. The van der Waals surface area contributed by atoms with Crippen LogP contribution in [0, 0.1) is 6.92 Å². The van der Waals surface area contributed by atoms with E-state index in [9.17, 15) is 4.79 Å². The topological polar surface area (TPSA) is 88.9 Å². The van der Waals surface area contributed by atoms with Gasteiger partial charge < -0.3 is 14.6 Å². The van der Waals surface area contributed by atoms with Crippen LogP contribution in [-0.2, 0) is 23.0 Å². The number of nitrogens with one attached hydrogen (secondary N) is 1. The second-order valence-corrected chi connectivity index (χ2v) is 6.57. The number of amides is 1. The molecule has 1 saturated heterocycles. The molecule has 1 aliphatic rings. The van der Waals surface area contributed by atoms with E-state index in [0.717, 1.165) is 28.2 Å². The van der Waals surface area contributed by atoms with Crippen molar-refractivity contribution in [2.24, 2.45) is 7.05 Å². The molecule has 2 aromatic heterocycles. The Morgan fingerprint density at radius 2 is 2.31 bits per heavy atom. The van der Waals surface area contributed by atoms with Gasteiger partial charge in [0.1, 0.15) is 18.2 Å². The van der Waals surface area contributed by atoms with Gasteiger partial charge in [-0.15, -0.1) is 0 Å². The van der Waals surface area contributed by atoms with E-state index in [1.807, 2.05) is 37.1 Å². The zero-order chi connectivity index (χ0) is 18.1. The maximum Gasteiger partial charge on any atom is 0.223 e. The second-order valence-electron chi connectivity index (χ2n) is 6.57. The number of ether oxygens (including phenoxy) is 1. The smallest absolute Gasteiger partial charge is 0.223 e. The molecule has 0 spiro atoms. The van der Waals surface area contributed by atoms with Crippen LogP contribution < -0.4 is 0 Å². The summed E-state index contributed by atoms with van der Waals surface area (Å²) in [5.74, 6) is 1.67. The zero-order valence-corrected chi connectivity index (χ0v) is 15.0. The molecule has 8 nitrogen and oxygen atoms in total. The summed E-state index contributed by atoms with van der Waals surface area (Å²) in [6, 6.07) is 5.86. The number of aromatic nitrogens is 5. The van der Waals surface area contributed by atoms with Crippen molar-refractivity contribution in [3.63, 3.8) is 0 Å². The van der Waals surface area contributed by atoms with Crippen LogP contribution in [0.2, 0.25) is 0 Å². The quantitative estimate of drug-likeness (QED) is 0.767. The van der Waals surface area contributed by atoms with Crippen molar-refractivity contribution in [3.05, 3.63) is 41.7 Å². The number of benzene rings is 1. The van der Waals surface area contributed by atoms with Crippen LogP contribution in [-0.4, -0.2) is 55.3 Å². The molecule has 0 aliphatic carbocycles. The summed E-state index contributed by atoms with van der Waals surface area (Å²) in [4.78, 5) is 26.9. The molecule has 0 saturated carbocycles. The fourth-order valence-electron chi connectivity index (χ4n) is 3.44. The number of hydrogen-bond acceptors (Lipinski definition) is 5. The lowest BCUT2D eigenvalue weighted by molar-refractivity contribution is -0.140. The molecule has 0 bridgehead atoms. The number of aryl methyl sites for hydroxylation is 3. The lowest BCUT2D eigenvalue weighted by Crippen LogP contribution is -2.44. The summed E-state index contributed by atoms with van der Waals surface area (Å²) in [5.41, 5.74) is 3.11. The van der Waals surface area contributed by atoms with Crippen LogP contribution in [0.1, 0.15) is 29.7 Å². The van der Waals surface area contributed by atoms with Gasteiger partial charge in [0, 0.05) is 26.4 Å². The van der Waals surface area contributed by atoms with Gasteiger partial charge in [-0.2, -0.15) is 5.10 Å². The number of imidazole rings is 1. The third-order valence-electron chi connectivity index (χ3n) is 4.83. The van der Waals surface area contributed by atoms with E-state index in [4.69, 9.17) is 4.74 Å². The van der Waals surface area contributed by atoms with E-state index in [0.29, 0.717) is 32.6 Å². The molecule has 4 rings (SSSR count). The summed E-state index contributed by atoms with van der Waals surface area (Å²) < 4.78 is 7.26. The number of para-hydroxylation sites is 1. The van der Waals surface area contributed by atoms with Crippen molar-refractivity contribution in [2.45, 2.75) is 25.8 Å². The van der Waals surface area contributed by atoms with Crippen molar-refractivity contribution < 1.29 is 9.53 Å². The van der Waals surface area contributed by atoms with Gasteiger partial charge >= 0.3 is 0 Å². The SMILES string of the molecule is Cc1cccc2[nH]c(CCC(=O)N3CCOCC3c3ncnn3C)nc12. The first kappa shape index (κ1) is 16.7. The van der Waals surface area contributed by atoms with Crippen molar-refractivity contribution in [1.82, 2.24) is 29.6 Å². The van der Waals surface area contributed by atoms with Crippen LogP contribution in [0.3, 0.4) is 0 Å². The molecule has 1 atom stereocenters. The van der Waals surface area contributed by atoms with Gasteiger partial charge in [-0.1, -0.05) is 12.1 Å². The number of rotatable bonds is 4. The van der Waals surface area contributed by atoms with Crippen LogP contribution in [0.4, 0.5) is 0 Å². The highest BCUT2D eigenvalue weighted by atomic mass is 16.5. The minimum atomic E-state index is -0.193. The molecule has 1 amide bonds. The standard InChI is InChI=1S/C18H22N6O2/c1-12-4-3-5-13-17(12)22-15(21-13)6-7-16(25)24-8-9-26-10-14(24)18-19-11-20-23(18)2/h3-5,11,14H,6-10H2,1-2H3,(H,21,22). The predicted molar refractivity (Wildman–Crippen MR) is 95.4 cm³/mol. The molecule has 1 unspecified atom stereocenters. The van der Waals surface area contributed by atoms with Crippen molar-refractivity contribution in [1.29, 1.82) is 0 Å². The Bertz CT molecular complexity index is 931. The van der Waals surface area contributed by atoms with E-state index in [2.05, 4.69) is 20.1 Å². The van der Waals surface area contributed by atoms with E-state index < -0.39 is 0 Å². The largest absolute Gasteiger partial charge is 0.377 e. The van der Waals surface area contributed by atoms with Crippen molar-refractivity contribution >= 4 is 16.9 Å². The number of fused-ring (bicyclic) bond motifs is 1. The normalized spacial score (nSPS) is 17.8. The molecule has 136 valence electrons. The molecule has 0 radical (unpaired) electrons. The summed E-state index contributed by atoms with van der Waals surface area (Å²) in [6.45, 7) is 3.60. The monoisotopic (exact) mass is 354 g/mol. The van der Waals surface area contributed by atoms with Gasteiger partial charge in [-0.05, 0) is 18.6 Å². The number of carbonyl (C=O) groups excluding carboxylic acids is 1. The third kappa shape index (κ3) is 3.08. The lowest BCUT2D eigenvalue weighted by Gasteiger charge is -2.34. The maximum atomic E-state index is 12.8.